The molecule has 132 valence electrons. The fourth-order valence-corrected chi connectivity index (χ4v) is 2.64. The molecule has 2 N–H and O–H groups in total. The van der Waals surface area contributed by atoms with Crippen molar-refractivity contribution in [2.24, 2.45) is 0 Å². The Morgan fingerprint density at radius 3 is 2.54 bits per heavy atom. The van der Waals surface area contributed by atoms with Crippen molar-refractivity contribution in [1.82, 2.24) is 15.3 Å². The van der Waals surface area contributed by atoms with E-state index in [1.54, 1.807) is 24.3 Å². The van der Waals surface area contributed by atoms with Crippen molar-refractivity contribution in [2.75, 3.05) is 5.32 Å². The molecule has 2 aromatic carbocycles. The van der Waals surface area contributed by atoms with E-state index >= 15 is 0 Å². The van der Waals surface area contributed by atoms with Crippen LogP contribution in [0.15, 0.2) is 60.8 Å². The van der Waals surface area contributed by atoms with Gasteiger partial charge in [0.1, 0.15) is 5.69 Å². The van der Waals surface area contributed by atoms with Crippen LogP contribution in [0.1, 0.15) is 29.0 Å². The lowest BCUT2D eigenvalue weighted by Gasteiger charge is -2.14. The molecule has 0 radical (unpaired) electrons. The van der Waals surface area contributed by atoms with Crippen LogP contribution in [0.3, 0.4) is 0 Å². The smallest absolute Gasteiger partial charge is 0.270 e. The van der Waals surface area contributed by atoms with E-state index in [1.165, 1.54) is 6.20 Å². The first-order chi connectivity index (χ1) is 12.5. The Hall–Kier alpha value is -2.63. The number of carbonyl (C=O) groups is 1. The highest BCUT2D eigenvalue weighted by atomic mass is 35.5. The highest BCUT2D eigenvalue weighted by Crippen LogP contribution is 2.26. The fourth-order valence-electron chi connectivity index (χ4n) is 2.34. The minimum atomic E-state index is -0.277. The number of benzene rings is 2. The van der Waals surface area contributed by atoms with Crippen LogP contribution in [0, 0.1) is 0 Å². The number of anilines is 2. The van der Waals surface area contributed by atoms with E-state index in [0.29, 0.717) is 21.7 Å². The van der Waals surface area contributed by atoms with Gasteiger partial charge in [-0.2, -0.15) is 0 Å². The number of nitrogens with one attached hydrogen (secondary N) is 2. The molecule has 3 aromatic rings. The van der Waals surface area contributed by atoms with Crippen LogP contribution >= 0.6 is 23.2 Å². The second-order valence-corrected chi connectivity index (χ2v) is 6.44. The average molecular weight is 387 g/mol. The standard InChI is InChI=1S/C19H16Cl2N4O/c1-12(13-5-3-2-4-6-13)23-18(26)17-9-10-22-19(25-17)24-14-7-8-15(20)16(21)11-14/h2-12H,1H3,(H,23,26)(H,22,24,25). The Kier molecular flexibility index (Phi) is 5.71. The van der Waals surface area contributed by atoms with Gasteiger partial charge >= 0.3 is 0 Å². The Labute approximate surface area is 161 Å². The normalized spacial score (nSPS) is 11.7. The summed E-state index contributed by atoms with van der Waals surface area (Å²) in [7, 11) is 0. The van der Waals surface area contributed by atoms with Crippen LogP contribution in [0.2, 0.25) is 10.0 Å². The fraction of sp³-hybridized carbons (Fsp3) is 0.105. The minimum absolute atomic E-state index is 0.134. The van der Waals surface area contributed by atoms with Gasteiger partial charge in [0.2, 0.25) is 5.95 Å². The van der Waals surface area contributed by atoms with Gasteiger partial charge in [0.15, 0.2) is 0 Å². The molecular weight excluding hydrogens is 371 g/mol. The number of halogens is 2. The van der Waals surface area contributed by atoms with E-state index in [4.69, 9.17) is 23.2 Å². The summed E-state index contributed by atoms with van der Waals surface area (Å²) in [5, 5.41) is 6.81. The zero-order valence-electron chi connectivity index (χ0n) is 13.9. The number of nitrogens with zero attached hydrogens (tertiary/aromatic N) is 2. The Morgan fingerprint density at radius 2 is 1.81 bits per heavy atom. The van der Waals surface area contributed by atoms with Crippen molar-refractivity contribution in [2.45, 2.75) is 13.0 Å². The number of aromatic nitrogens is 2. The van der Waals surface area contributed by atoms with Gasteiger partial charge in [0.05, 0.1) is 16.1 Å². The summed E-state index contributed by atoms with van der Waals surface area (Å²) in [5.41, 5.74) is 1.96. The van der Waals surface area contributed by atoms with Gasteiger partial charge in [0, 0.05) is 11.9 Å². The second-order valence-electron chi connectivity index (χ2n) is 5.63. The van der Waals surface area contributed by atoms with E-state index in [2.05, 4.69) is 20.6 Å². The molecule has 26 heavy (non-hydrogen) atoms. The zero-order valence-corrected chi connectivity index (χ0v) is 15.4. The first kappa shape index (κ1) is 18.2. The molecule has 0 spiro atoms. The molecule has 7 heteroatoms. The molecule has 5 nitrogen and oxygen atoms in total. The maximum atomic E-state index is 12.5. The summed E-state index contributed by atoms with van der Waals surface area (Å²) in [6.45, 7) is 1.92. The summed E-state index contributed by atoms with van der Waals surface area (Å²) in [5.74, 6) is 0.0179. The zero-order chi connectivity index (χ0) is 18.5. The molecule has 0 saturated carbocycles. The lowest BCUT2D eigenvalue weighted by Crippen LogP contribution is -2.27. The lowest BCUT2D eigenvalue weighted by atomic mass is 10.1. The number of rotatable bonds is 5. The lowest BCUT2D eigenvalue weighted by molar-refractivity contribution is 0.0935. The first-order valence-electron chi connectivity index (χ1n) is 7.94. The second kappa shape index (κ2) is 8.17. The monoisotopic (exact) mass is 386 g/mol. The summed E-state index contributed by atoms with van der Waals surface area (Å²) in [6, 6.07) is 16.2. The summed E-state index contributed by atoms with van der Waals surface area (Å²) in [4.78, 5) is 20.8. The summed E-state index contributed by atoms with van der Waals surface area (Å²) < 4.78 is 0. The Morgan fingerprint density at radius 1 is 1.04 bits per heavy atom. The third-order valence-corrected chi connectivity index (χ3v) is 4.45. The van der Waals surface area contributed by atoms with Crippen molar-refractivity contribution < 1.29 is 4.79 Å². The molecule has 1 aromatic heterocycles. The molecule has 0 aliphatic carbocycles. The molecule has 1 atom stereocenters. The van der Waals surface area contributed by atoms with Gasteiger partial charge in [-0.1, -0.05) is 53.5 Å². The van der Waals surface area contributed by atoms with Crippen molar-refractivity contribution in [1.29, 1.82) is 0 Å². The van der Waals surface area contributed by atoms with Gasteiger partial charge in [-0.05, 0) is 36.8 Å². The molecule has 0 aliphatic heterocycles. The predicted octanol–water partition coefficient (Wildman–Crippen LogP) is 5.02. The van der Waals surface area contributed by atoms with E-state index < -0.39 is 0 Å². The van der Waals surface area contributed by atoms with Crippen molar-refractivity contribution in [3.63, 3.8) is 0 Å². The van der Waals surface area contributed by atoms with Crippen LogP contribution in [0.4, 0.5) is 11.6 Å². The van der Waals surface area contributed by atoms with Gasteiger partial charge in [0.25, 0.3) is 5.91 Å². The van der Waals surface area contributed by atoms with E-state index in [9.17, 15) is 4.79 Å². The van der Waals surface area contributed by atoms with Crippen molar-refractivity contribution >= 4 is 40.7 Å². The molecule has 1 heterocycles. The topological polar surface area (TPSA) is 66.9 Å². The quantitative estimate of drug-likeness (QED) is 0.645. The van der Waals surface area contributed by atoms with Gasteiger partial charge < -0.3 is 10.6 Å². The molecule has 0 fully saturated rings. The predicted molar refractivity (Wildman–Crippen MR) is 104 cm³/mol. The summed E-state index contributed by atoms with van der Waals surface area (Å²) >= 11 is 11.9. The van der Waals surface area contributed by atoms with Crippen LogP contribution < -0.4 is 10.6 Å². The molecule has 0 saturated heterocycles. The first-order valence-corrected chi connectivity index (χ1v) is 8.69. The highest BCUT2D eigenvalue weighted by molar-refractivity contribution is 6.42. The maximum Gasteiger partial charge on any atom is 0.270 e. The molecular formula is C19H16Cl2N4O. The van der Waals surface area contributed by atoms with E-state index in [0.717, 1.165) is 5.56 Å². The van der Waals surface area contributed by atoms with Crippen molar-refractivity contribution in [3.8, 4) is 0 Å². The van der Waals surface area contributed by atoms with Gasteiger partial charge in [-0.25, -0.2) is 9.97 Å². The molecule has 1 amide bonds. The van der Waals surface area contributed by atoms with E-state index in [-0.39, 0.29) is 17.6 Å². The van der Waals surface area contributed by atoms with Crippen LogP contribution in [-0.4, -0.2) is 15.9 Å². The maximum absolute atomic E-state index is 12.5. The molecule has 3 rings (SSSR count). The Bertz CT molecular complexity index is 918. The molecule has 1 unspecified atom stereocenters. The largest absolute Gasteiger partial charge is 0.344 e. The van der Waals surface area contributed by atoms with Gasteiger partial charge in [-0.15, -0.1) is 0 Å². The third-order valence-electron chi connectivity index (χ3n) is 3.71. The SMILES string of the molecule is CC(NC(=O)c1ccnc(Nc2ccc(Cl)c(Cl)c2)n1)c1ccccc1. The number of hydrogen-bond donors (Lipinski definition) is 2. The van der Waals surface area contributed by atoms with Crippen LogP contribution in [-0.2, 0) is 0 Å². The van der Waals surface area contributed by atoms with Crippen LogP contribution in [0.25, 0.3) is 0 Å². The highest BCUT2D eigenvalue weighted by Gasteiger charge is 2.13. The Balaban J connectivity index is 1.72. The van der Waals surface area contributed by atoms with Gasteiger partial charge in [-0.3, -0.25) is 4.79 Å². The van der Waals surface area contributed by atoms with Crippen molar-refractivity contribution in [3.05, 3.63) is 82.1 Å². The third kappa shape index (κ3) is 4.50. The average Bonchev–Trinajstić information content (AvgIpc) is 2.65. The minimum Gasteiger partial charge on any atom is -0.344 e. The van der Waals surface area contributed by atoms with Crippen LogP contribution in [0.5, 0.6) is 0 Å². The summed E-state index contributed by atoms with van der Waals surface area (Å²) in [6.07, 6.45) is 1.52. The number of carbonyl (C=O) groups excluding carboxylic acids is 1. The van der Waals surface area contributed by atoms with E-state index in [1.807, 2.05) is 37.3 Å². The molecule has 0 aliphatic rings. The molecule has 0 bridgehead atoms. The number of amides is 1. The number of hydrogen-bond acceptors (Lipinski definition) is 4.